The summed E-state index contributed by atoms with van der Waals surface area (Å²) in [4.78, 5) is 38.4. The smallest absolute Gasteiger partial charge is 0.344 e. The van der Waals surface area contributed by atoms with Crippen LogP contribution in [0.1, 0.15) is 84.5 Å². The van der Waals surface area contributed by atoms with Crippen molar-refractivity contribution in [3.8, 4) is 0 Å². The van der Waals surface area contributed by atoms with E-state index >= 15 is 0 Å². The van der Waals surface area contributed by atoms with E-state index in [4.69, 9.17) is 14.2 Å². The zero-order valence-corrected chi connectivity index (χ0v) is 19.1. The number of rotatable bonds is 7. The molecule has 0 aromatic heterocycles. The van der Waals surface area contributed by atoms with Crippen molar-refractivity contribution in [3.63, 3.8) is 0 Å². The number of carbonyl (C=O) groups excluding carboxylic acids is 3. The van der Waals surface area contributed by atoms with E-state index in [0.29, 0.717) is 32.6 Å². The van der Waals surface area contributed by atoms with E-state index in [-0.39, 0.29) is 18.3 Å². The summed E-state index contributed by atoms with van der Waals surface area (Å²) in [6.45, 7) is 1.24. The summed E-state index contributed by atoms with van der Waals surface area (Å²) in [7, 11) is 0. The van der Waals surface area contributed by atoms with Crippen LogP contribution in [-0.2, 0) is 28.6 Å². The third kappa shape index (κ3) is 4.79. The average molecular weight is 457 g/mol. The third-order valence-corrected chi connectivity index (χ3v) is 7.98. The van der Waals surface area contributed by atoms with Crippen LogP contribution in [0.15, 0.2) is 0 Å². The number of alkyl halides is 2. The standard InChI is InChI=1S/C24H34F2O6/c1-21(6-4-3-5-7-21)32-18(27)13-30-19(28)23-9-16-8-17(10-23)12-24(11-16,14-23)20(29)31-15-22(2,25)26/h16-17H,3-15H2,1-2H3. The van der Waals surface area contributed by atoms with Crippen molar-refractivity contribution >= 4 is 17.9 Å². The van der Waals surface area contributed by atoms with Gasteiger partial charge in [0.2, 0.25) is 0 Å². The molecule has 5 fully saturated rings. The van der Waals surface area contributed by atoms with Gasteiger partial charge in [0.1, 0.15) is 5.60 Å². The second-order valence-electron chi connectivity index (χ2n) is 11.2. The van der Waals surface area contributed by atoms with E-state index in [1.807, 2.05) is 6.92 Å². The molecule has 0 heterocycles. The first kappa shape index (κ1) is 23.4. The van der Waals surface area contributed by atoms with E-state index in [0.717, 1.165) is 38.5 Å². The summed E-state index contributed by atoms with van der Waals surface area (Å²) >= 11 is 0. The molecule has 5 rings (SSSR count). The van der Waals surface area contributed by atoms with Gasteiger partial charge in [-0.1, -0.05) is 6.42 Å². The topological polar surface area (TPSA) is 78.9 Å². The highest BCUT2D eigenvalue weighted by Crippen LogP contribution is 2.66. The molecule has 5 aliphatic carbocycles. The predicted molar refractivity (Wildman–Crippen MR) is 110 cm³/mol. The quantitative estimate of drug-likeness (QED) is 0.412. The van der Waals surface area contributed by atoms with Gasteiger partial charge in [-0.05, 0) is 83.0 Å². The van der Waals surface area contributed by atoms with Crippen LogP contribution in [0, 0.1) is 22.7 Å². The Labute approximate surface area is 187 Å². The van der Waals surface area contributed by atoms with Crippen molar-refractivity contribution in [1.29, 1.82) is 0 Å². The molecule has 6 nitrogen and oxygen atoms in total. The molecule has 2 atom stereocenters. The minimum atomic E-state index is -3.09. The third-order valence-electron chi connectivity index (χ3n) is 7.98. The predicted octanol–water partition coefficient (Wildman–Crippen LogP) is 4.58. The molecule has 0 spiro atoms. The first-order valence-electron chi connectivity index (χ1n) is 11.9. The summed E-state index contributed by atoms with van der Waals surface area (Å²) in [5, 5.41) is 0. The van der Waals surface area contributed by atoms with Crippen LogP contribution in [0.2, 0.25) is 0 Å². The molecule has 0 saturated heterocycles. The fraction of sp³-hybridized carbons (Fsp3) is 0.875. The van der Waals surface area contributed by atoms with Gasteiger partial charge in [-0.15, -0.1) is 0 Å². The lowest BCUT2D eigenvalue weighted by Gasteiger charge is -2.59. The van der Waals surface area contributed by atoms with Gasteiger partial charge in [0.15, 0.2) is 13.2 Å². The van der Waals surface area contributed by atoms with Gasteiger partial charge in [-0.2, -0.15) is 0 Å². The van der Waals surface area contributed by atoms with Crippen LogP contribution in [0.3, 0.4) is 0 Å². The second kappa shape index (κ2) is 8.24. The van der Waals surface area contributed by atoms with E-state index in [9.17, 15) is 23.2 Å². The van der Waals surface area contributed by atoms with Crippen molar-refractivity contribution < 1.29 is 37.4 Å². The molecule has 32 heavy (non-hydrogen) atoms. The molecule has 0 amide bonds. The van der Waals surface area contributed by atoms with Crippen molar-refractivity contribution in [1.82, 2.24) is 0 Å². The van der Waals surface area contributed by atoms with Gasteiger partial charge >= 0.3 is 17.9 Å². The molecule has 5 saturated carbocycles. The lowest BCUT2D eigenvalue weighted by molar-refractivity contribution is -0.200. The van der Waals surface area contributed by atoms with E-state index < -0.39 is 53.5 Å². The molecule has 0 radical (unpaired) electrons. The van der Waals surface area contributed by atoms with Crippen molar-refractivity contribution in [2.45, 2.75) is 96.0 Å². The largest absolute Gasteiger partial charge is 0.459 e. The van der Waals surface area contributed by atoms with Crippen LogP contribution in [0.25, 0.3) is 0 Å². The molecule has 5 aliphatic rings. The summed E-state index contributed by atoms with van der Waals surface area (Å²) in [5.74, 6) is -4.43. The number of esters is 3. The van der Waals surface area contributed by atoms with Crippen molar-refractivity contribution in [2.24, 2.45) is 22.7 Å². The molecule has 8 heteroatoms. The number of hydrogen-bond acceptors (Lipinski definition) is 6. The molecular weight excluding hydrogens is 422 g/mol. The van der Waals surface area contributed by atoms with Gasteiger partial charge in [0.05, 0.1) is 10.8 Å². The summed E-state index contributed by atoms with van der Waals surface area (Å²) in [6, 6.07) is 0. The van der Waals surface area contributed by atoms with Crippen LogP contribution >= 0.6 is 0 Å². The van der Waals surface area contributed by atoms with Crippen LogP contribution in [-0.4, -0.2) is 42.6 Å². The van der Waals surface area contributed by atoms with Crippen molar-refractivity contribution in [3.05, 3.63) is 0 Å². The van der Waals surface area contributed by atoms with E-state index in [1.165, 1.54) is 0 Å². The Morgan fingerprint density at radius 3 is 1.97 bits per heavy atom. The molecule has 0 aromatic carbocycles. The fourth-order valence-corrected chi connectivity index (χ4v) is 7.07. The highest BCUT2D eigenvalue weighted by molar-refractivity contribution is 5.84. The molecule has 0 N–H and O–H groups in total. The first-order chi connectivity index (χ1) is 14.9. The van der Waals surface area contributed by atoms with Gasteiger partial charge in [-0.3, -0.25) is 9.59 Å². The minimum Gasteiger partial charge on any atom is -0.459 e. The number of ether oxygens (including phenoxy) is 3. The average Bonchev–Trinajstić information content (AvgIpc) is 2.68. The van der Waals surface area contributed by atoms with Crippen LogP contribution in [0.5, 0.6) is 0 Å². The van der Waals surface area contributed by atoms with Gasteiger partial charge in [0, 0.05) is 6.92 Å². The first-order valence-corrected chi connectivity index (χ1v) is 11.9. The Hall–Kier alpha value is -1.73. The maximum Gasteiger partial charge on any atom is 0.344 e. The molecule has 180 valence electrons. The van der Waals surface area contributed by atoms with Crippen LogP contribution in [0.4, 0.5) is 8.78 Å². The Kier molecular flexibility index (Phi) is 6.04. The maximum atomic E-state index is 13.2. The Morgan fingerprint density at radius 1 is 0.906 bits per heavy atom. The number of halogens is 2. The van der Waals surface area contributed by atoms with Gasteiger partial charge < -0.3 is 14.2 Å². The summed E-state index contributed by atoms with van der Waals surface area (Å²) in [5.41, 5.74) is -2.27. The highest BCUT2D eigenvalue weighted by Gasteiger charge is 2.64. The Bertz CT molecular complexity index is 753. The van der Waals surface area contributed by atoms with Crippen LogP contribution < -0.4 is 0 Å². The zero-order chi connectivity index (χ0) is 23.2. The number of hydrogen-bond donors (Lipinski definition) is 0. The highest BCUT2D eigenvalue weighted by atomic mass is 19.3. The Balaban J connectivity index is 1.39. The van der Waals surface area contributed by atoms with Gasteiger partial charge in [0.25, 0.3) is 5.92 Å². The molecular formula is C24H34F2O6. The lowest BCUT2D eigenvalue weighted by atomic mass is 9.44. The molecule has 0 aromatic rings. The summed E-state index contributed by atoms with van der Waals surface area (Å²) < 4.78 is 42.5. The van der Waals surface area contributed by atoms with E-state index in [1.54, 1.807) is 0 Å². The lowest BCUT2D eigenvalue weighted by Crippen LogP contribution is -2.58. The maximum absolute atomic E-state index is 13.2. The SMILES string of the molecule is CC(F)(F)COC(=O)C12CC3CC(CC(C(=O)OCC(=O)OC4(C)CCCCC4)(C3)C1)C2. The molecule has 4 bridgehead atoms. The second-order valence-corrected chi connectivity index (χ2v) is 11.2. The fourth-order valence-electron chi connectivity index (χ4n) is 7.07. The normalized spacial score (nSPS) is 35.2. The minimum absolute atomic E-state index is 0.159. The number of carbonyl (C=O) groups is 3. The van der Waals surface area contributed by atoms with E-state index in [2.05, 4.69) is 0 Å². The monoisotopic (exact) mass is 456 g/mol. The summed E-state index contributed by atoms with van der Waals surface area (Å²) in [6.07, 6.45) is 8.27. The molecule has 0 aliphatic heterocycles. The van der Waals surface area contributed by atoms with Crippen molar-refractivity contribution in [2.75, 3.05) is 13.2 Å². The zero-order valence-electron chi connectivity index (χ0n) is 19.1. The van der Waals surface area contributed by atoms with Gasteiger partial charge in [-0.25, -0.2) is 13.6 Å². The Morgan fingerprint density at radius 2 is 1.44 bits per heavy atom. The molecule has 2 unspecified atom stereocenters.